The maximum atomic E-state index is 10.6. The quantitative estimate of drug-likeness (QED) is 0.833. The van der Waals surface area contributed by atoms with Crippen LogP contribution in [0.25, 0.3) is 0 Å². The van der Waals surface area contributed by atoms with Crippen molar-refractivity contribution in [2.24, 2.45) is 0 Å². The van der Waals surface area contributed by atoms with Gasteiger partial charge in [0.1, 0.15) is 11.5 Å². The Bertz CT molecular complexity index is 760. The molecule has 2 rings (SSSR count). The van der Waals surface area contributed by atoms with Crippen LogP contribution in [-0.4, -0.2) is 22.8 Å². The molecule has 1 atom stereocenters. The summed E-state index contributed by atoms with van der Waals surface area (Å²) in [5.41, 5.74) is 4.25. The van der Waals surface area contributed by atoms with Crippen molar-refractivity contribution in [3.05, 3.63) is 58.1 Å². The lowest BCUT2D eigenvalue weighted by atomic mass is 9.93. The number of aliphatic carboxylic acids is 1. The van der Waals surface area contributed by atoms with E-state index in [1.807, 2.05) is 33.8 Å². The first kappa shape index (κ1) is 16.4. The van der Waals surface area contributed by atoms with E-state index in [0.717, 1.165) is 27.8 Å². The molecule has 1 unspecified atom stereocenters. The highest BCUT2D eigenvalue weighted by Gasteiger charge is 2.11. The number of hydrogen-bond acceptors (Lipinski definition) is 3. The third-order valence-corrected chi connectivity index (χ3v) is 3.91. The smallest absolute Gasteiger partial charge is 0.341 e. The van der Waals surface area contributed by atoms with Crippen LogP contribution in [0, 0.1) is 13.8 Å². The highest BCUT2D eigenvalue weighted by molar-refractivity contribution is 5.68. The van der Waals surface area contributed by atoms with E-state index < -0.39 is 19.0 Å². The van der Waals surface area contributed by atoms with E-state index in [1.165, 1.54) is 0 Å². The molecule has 0 saturated heterocycles. The van der Waals surface area contributed by atoms with Gasteiger partial charge in [-0.1, -0.05) is 26.0 Å². The zero-order chi connectivity index (χ0) is 18.7. The molecular weight excluding hydrogens is 304 g/mol. The summed E-state index contributed by atoms with van der Waals surface area (Å²) in [5, 5.41) is 18.7. The Hall–Kier alpha value is -2.49. The molecule has 24 heavy (non-hydrogen) atoms. The fourth-order valence-electron chi connectivity index (χ4n) is 2.68. The van der Waals surface area contributed by atoms with Crippen LogP contribution in [0.4, 0.5) is 0 Å². The SMILES string of the molecule is [3H]C(c1ccc(O)c(C(C)C)c1)c1c(C)cc(OCC(=O)O)cc1C. The fourth-order valence-corrected chi connectivity index (χ4v) is 2.68. The van der Waals surface area contributed by atoms with Crippen LogP contribution in [0.2, 0.25) is 0 Å². The minimum Gasteiger partial charge on any atom is -0.508 e. The van der Waals surface area contributed by atoms with Crippen molar-refractivity contribution in [3.63, 3.8) is 0 Å². The zero-order valence-corrected chi connectivity index (χ0v) is 14.5. The third-order valence-electron chi connectivity index (χ3n) is 3.91. The van der Waals surface area contributed by atoms with Crippen molar-refractivity contribution in [2.75, 3.05) is 6.61 Å². The molecule has 0 aliphatic rings. The topological polar surface area (TPSA) is 66.8 Å². The molecule has 4 nitrogen and oxygen atoms in total. The molecule has 0 saturated carbocycles. The van der Waals surface area contributed by atoms with Crippen molar-refractivity contribution in [3.8, 4) is 11.5 Å². The minimum atomic E-state index is -1.02. The summed E-state index contributed by atoms with van der Waals surface area (Å²) in [6.07, 6.45) is -0.591. The van der Waals surface area contributed by atoms with Crippen LogP contribution >= 0.6 is 0 Å². The summed E-state index contributed by atoms with van der Waals surface area (Å²) in [6, 6.07) is 8.81. The monoisotopic (exact) mass is 330 g/mol. The van der Waals surface area contributed by atoms with Crippen LogP contribution in [0.1, 0.15) is 49.0 Å². The van der Waals surface area contributed by atoms with Gasteiger partial charge >= 0.3 is 5.97 Å². The second-order valence-electron chi connectivity index (χ2n) is 6.27. The number of phenols is 1. The zero-order valence-electron chi connectivity index (χ0n) is 15.5. The highest BCUT2D eigenvalue weighted by Crippen LogP contribution is 2.29. The van der Waals surface area contributed by atoms with Crippen LogP contribution in [0.15, 0.2) is 30.3 Å². The van der Waals surface area contributed by atoms with E-state index in [2.05, 4.69) is 0 Å². The lowest BCUT2D eigenvalue weighted by Crippen LogP contribution is -2.10. The summed E-state index contributed by atoms with van der Waals surface area (Å²) in [6.45, 7) is 7.40. The van der Waals surface area contributed by atoms with E-state index in [0.29, 0.717) is 5.75 Å². The van der Waals surface area contributed by atoms with E-state index >= 15 is 0 Å². The van der Waals surface area contributed by atoms with Gasteiger partial charge in [0.25, 0.3) is 0 Å². The molecule has 0 fully saturated rings. The van der Waals surface area contributed by atoms with Crippen LogP contribution in [0.5, 0.6) is 11.5 Å². The van der Waals surface area contributed by atoms with E-state index in [4.69, 9.17) is 11.2 Å². The second-order valence-corrected chi connectivity index (χ2v) is 6.27. The Kier molecular flexibility index (Phi) is 5.04. The van der Waals surface area contributed by atoms with E-state index in [-0.39, 0.29) is 11.7 Å². The number of aromatic hydroxyl groups is 1. The number of carbonyl (C=O) groups is 1. The molecule has 0 spiro atoms. The van der Waals surface area contributed by atoms with Gasteiger partial charge in [-0.15, -0.1) is 0 Å². The predicted molar refractivity (Wildman–Crippen MR) is 94.0 cm³/mol. The van der Waals surface area contributed by atoms with Crippen molar-refractivity contribution < 1.29 is 21.1 Å². The molecule has 0 amide bonds. The van der Waals surface area contributed by atoms with Gasteiger partial charge in [0.15, 0.2) is 6.61 Å². The molecule has 2 aromatic carbocycles. The van der Waals surface area contributed by atoms with E-state index in [1.54, 1.807) is 24.3 Å². The fraction of sp³-hybridized carbons (Fsp3) is 0.350. The molecule has 2 aromatic rings. The average molecular weight is 330 g/mol. The first-order valence-electron chi connectivity index (χ1n) is 8.49. The number of carboxylic acid groups (broad SMARTS) is 1. The number of rotatable bonds is 6. The lowest BCUT2D eigenvalue weighted by molar-refractivity contribution is -0.139. The number of carboxylic acids is 1. The molecule has 0 bridgehead atoms. The highest BCUT2D eigenvalue weighted by atomic mass is 16.5. The van der Waals surface area contributed by atoms with E-state index in [9.17, 15) is 9.90 Å². The van der Waals surface area contributed by atoms with Gasteiger partial charge in [-0.25, -0.2) is 4.79 Å². The first-order valence-corrected chi connectivity index (χ1v) is 7.91. The van der Waals surface area contributed by atoms with Gasteiger partial charge < -0.3 is 14.9 Å². The summed E-state index contributed by atoms with van der Waals surface area (Å²) in [7, 11) is 0. The van der Waals surface area contributed by atoms with Crippen LogP contribution in [-0.2, 0) is 11.2 Å². The minimum absolute atomic E-state index is 0.168. The van der Waals surface area contributed by atoms with Gasteiger partial charge in [-0.05, 0) is 72.2 Å². The number of hydrogen-bond donors (Lipinski definition) is 2. The molecule has 0 aliphatic heterocycles. The molecule has 0 heterocycles. The van der Waals surface area contributed by atoms with Crippen LogP contribution < -0.4 is 4.74 Å². The van der Waals surface area contributed by atoms with Crippen LogP contribution in [0.3, 0.4) is 0 Å². The summed E-state index contributed by atoms with van der Waals surface area (Å²) >= 11 is 0. The Morgan fingerprint density at radius 1 is 1.21 bits per heavy atom. The normalized spacial score (nSPS) is 12.8. The Morgan fingerprint density at radius 3 is 2.38 bits per heavy atom. The van der Waals surface area contributed by atoms with Gasteiger partial charge in [0.05, 0.1) is 0 Å². The summed E-state index contributed by atoms with van der Waals surface area (Å²) in [4.78, 5) is 10.6. The number of benzene rings is 2. The van der Waals surface area contributed by atoms with Gasteiger partial charge in [0, 0.05) is 1.37 Å². The summed E-state index contributed by atoms with van der Waals surface area (Å²) < 4.78 is 13.9. The molecule has 0 aromatic heterocycles. The Morgan fingerprint density at radius 2 is 1.83 bits per heavy atom. The van der Waals surface area contributed by atoms with Gasteiger partial charge in [-0.2, -0.15) is 0 Å². The Balaban J connectivity index is 2.38. The van der Waals surface area contributed by atoms with Crippen molar-refractivity contribution in [2.45, 2.75) is 40.0 Å². The standard InChI is InChI=1S/C20H24O4/c1-12(2)17-9-15(5-6-19(17)21)10-18-13(3)7-16(8-14(18)4)24-11-20(22)23/h5-9,12,21H,10-11H2,1-4H3,(H,22,23)/i10T. The average Bonchev–Trinajstić information content (AvgIpc) is 2.52. The van der Waals surface area contributed by atoms with Gasteiger partial charge in [-0.3, -0.25) is 0 Å². The van der Waals surface area contributed by atoms with Crippen molar-refractivity contribution in [1.29, 1.82) is 0 Å². The molecule has 2 N–H and O–H groups in total. The summed E-state index contributed by atoms with van der Waals surface area (Å²) in [5.74, 6) is -0.122. The predicted octanol–water partition coefficient (Wildman–Crippen LogP) is 4.19. The second kappa shape index (κ2) is 7.39. The van der Waals surface area contributed by atoms with Crippen molar-refractivity contribution in [1.82, 2.24) is 0 Å². The molecular formula is C20H24O4. The largest absolute Gasteiger partial charge is 0.508 e. The number of aryl methyl sites for hydroxylation is 2. The maximum absolute atomic E-state index is 10.6. The Labute approximate surface area is 144 Å². The maximum Gasteiger partial charge on any atom is 0.341 e. The number of ether oxygens (including phenoxy) is 1. The molecule has 0 radical (unpaired) electrons. The lowest BCUT2D eigenvalue weighted by Gasteiger charge is -2.15. The van der Waals surface area contributed by atoms with Crippen molar-refractivity contribution >= 4 is 5.97 Å². The first-order chi connectivity index (χ1) is 11.7. The third kappa shape index (κ3) is 4.28. The van der Waals surface area contributed by atoms with Gasteiger partial charge in [0.2, 0.25) is 0 Å². The molecule has 0 aliphatic carbocycles. The number of phenolic OH excluding ortho intramolecular Hbond substituents is 1. The molecule has 128 valence electrons. The molecule has 4 heteroatoms.